The molecule has 3 amide bonds. The summed E-state index contributed by atoms with van der Waals surface area (Å²) in [6.07, 6.45) is 4.92. The maximum atomic E-state index is 12.6. The van der Waals surface area contributed by atoms with E-state index < -0.39 is 6.03 Å². The number of methoxy groups -OCH3 is 1. The van der Waals surface area contributed by atoms with Crippen LogP contribution in [0.25, 0.3) is 15.8 Å². The molecule has 0 saturated heterocycles. The lowest BCUT2D eigenvalue weighted by Gasteiger charge is -2.14. The number of nitrogens with one attached hydrogen (secondary N) is 2. The molecule has 0 aliphatic carbocycles. The van der Waals surface area contributed by atoms with Crippen molar-refractivity contribution >= 4 is 61.3 Å². The summed E-state index contributed by atoms with van der Waals surface area (Å²) >= 11 is 1.36. The first kappa shape index (κ1) is 22.0. The lowest BCUT2D eigenvalue weighted by Crippen LogP contribution is -2.20. The molecule has 3 aromatic rings. The van der Waals surface area contributed by atoms with E-state index in [1.54, 1.807) is 37.6 Å². The average Bonchev–Trinajstić information content (AvgIpc) is 3.41. The quantitative estimate of drug-likeness (QED) is 0.566. The van der Waals surface area contributed by atoms with Crippen LogP contribution < -0.4 is 20.4 Å². The van der Waals surface area contributed by atoms with Crippen molar-refractivity contribution in [3.05, 3.63) is 42.1 Å². The van der Waals surface area contributed by atoms with Crippen LogP contribution in [0.5, 0.6) is 5.88 Å². The van der Waals surface area contributed by atoms with Crippen LogP contribution >= 0.6 is 11.3 Å². The Kier molecular flexibility index (Phi) is 5.95. The molecule has 10 nitrogen and oxygen atoms in total. The summed E-state index contributed by atoms with van der Waals surface area (Å²) in [5, 5.41) is 11.6. The topological polar surface area (TPSA) is 118 Å². The second kappa shape index (κ2) is 9.20. The first-order valence-electron chi connectivity index (χ1n) is 10.7. The van der Waals surface area contributed by atoms with Gasteiger partial charge in [0.15, 0.2) is 5.13 Å². The number of ether oxygens (including phenoxy) is 2. The Morgan fingerprint density at radius 3 is 2.74 bits per heavy atom. The van der Waals surface area contributed by atoms with Gasteiger partial charge in [0.05, 0.1) is 37.1 Å². The van der Waals surface area contributed by atoms with Crippen LogP contribution in [-0.2, 0) is 9.53 Å². The molecule has 174 valence electrons. The molecule has 2 aromatic heterocycles. The fraction of sp³-hybridized carbons (Fsp3) is 0.261. The number of hydrogen-bond donors (Lipinski definition) is 2. The van der Waals surface area contributed by atoms with Crippen LogP contribution in [-0.4, -0.2) is 47.9 Å². The predicted octanol–water partition coefficient (Wildman–Crippen LogP) is 4.26. The second-order valence-corrected chi connectivity index (χ2v) is 8.77. The van der Waals surface area contributed by atoms with Crippen molar-refractivity contribution < 1.29 is 19.1 Å². The molecule has 0 bridgehead atoms. The lowest BCUT2D eigenvalue weighted by atomic mass is 10.0. The van der Waals surface area contributed by atoms with E-state index in [2.05, 4.69) is 25.7 Å². The maximum absolute atomic E-state index is 12.6. The molecule has 0 saturated carbocycles. The second-order valence-electron chi connectivity index (χ2n) is 7.78. The van der Waals surface area contributed by atoms with E-state index in [9.17, 15) is 9.59 Å². The van der Waals surface area contributed by atoms with Gasteiger partial charge in [-0.1, -0.05) is 17.4 Å². The number of amides is 3. The van der Waals surface area contributed by atoms with Crippen molar-refractivity contribution in [1.82, 2.24) is 9.97 Å². The van der Waals surface area contributed by atoms with Gasteiger partial charge >= 0.3 is 6.03 Å². The molecule has 11 heteroatoms. The van der Waals surface area contributed by atoms with Crippen molar-refractivity contribution in [2.75, 3.05) is 36.0 Å². The highest BCUT2D eigenvalue weighted by Crippen LogP contribution is 2.37. The summed E-state index contributed by atoms with van der Waals surface area (Å²) in [5.74, 6) is 0.327. The summed E-state index contributed by atoms with van der Waals surface area (Å²) in [5.41, 5.74) is 4.70. The van der Waals surface area contributed by atoms with Gasteiger partial charge < -0.3 is 14.8 Å². The normalized spacial score (nSPS) is 15.8. The molecule has 0 radical (unpaired) electrons. The Labute approximate surface area is 199 Å². The molecule has 34 heavy (non-hydrogen) atoms. The monoisotopic (exact) mass is 478 g/mol. The molecular formula is C23H22N6O4S. The molecule has 0 spiro atoms. The number of benzene rings is 1. The summed E-state index contributed by atoms with van der Waals surface area (Å²) in [4.78, 5) is 33.5. The zero-order valence-corrected chi connectivity index (χ0v) is 19.4. The molecule has 0 unspecified atom stereocenters. The zero-order valence-electron chi connectivity index (χ0n) is 18.6. The fourth-order valence-electron chi connectivity index (χ4n) is 3.80. The largest absolute Gasteiger partial charge is 0.479 e. The van der Waals surface area contributed by atoms with Gasteiger partial charge in [-0.2, -0.15) is 5.10 Å². The van der Waals surface area contributed by atoms with Crippen molar-refractivity contribution in [3.63, 3.8) is 0 Å². The average molecular weight is 479 g/mol. The van der Waals surface area contributed by atoms with E-state index in [1.165, 1.54) is 16.3 Å². The Morgan fingerprint density at radius 1 is 1.24 bits per heavy atom. The summed E-state index contributed by atoms with van der Waals surface area (Å²) < 4.78 is 11.7. The third-order valence-corrected chi connectivity index (χ3v) is 6.40. The highest BCUT2D eigenvalue weighted by Gasteiger charge is 2.23. The van der Waals surface area contributed by atoms with Crippen LogP contribution in [0.3, 0.4) is 0 Å². The van der Waals surface area contributed by atoms with Gasteiger partial charge in [0.25, 0.3) is 5.91 Å². The van der Waals surface area contributed by atoms with E-state index in [4.69, 9.17) is 9.47 Å². The van der Waals surface area contributed by atoms with Gasteiger partial charge in [-0.15, -0.1) is 0 Å². The number of carbonyl (C=O) groups excluding carboxylic acids is 2. The van der Waals surface area contributed by atoms with Crippen LogP contribution in [0.2, 0.25) is 0 Å². The number of pyridine rings is 1. The van der Waals surface area contributed by atoms with Crippen molar-refractivity contribution in [1.29, 1.82) is 0 Å². The van der Waals surface area contributed by atoms with Crippen molar-refractivity contribution in [3.8, 4) is 5.88 Å². The smallest absolute Gasteiger partial charge is 0.325 e. The van der Waals surface area contributed by atoms with Crippen molar-refractivity contribution in [2.45, 2.75) is 19.8 Å². The number of fused-ring (bicyclic) bond motifs is 1. The first-order valence-corrected chi connectivity index (χ1v) is 11.5. The molecular weight excluding hydrogens is 456 g/mol. The minimum atomic E-state index is -0.434. The minimum Gasteiger partial charge on any atom is -0.479 e. The van der Waals surface area contributed by atoms with Gasteiger partial charge in [-0.05, 0) is 43.2 Å². The van der Waals surface area contributed by atoms with Gasteiger partial charge in [-0.25, -0.2) is 19.8 Å². The van der Waals surface area contributed by atoms with E-state index in [0.717, 1.165) is 28.0 Å². The first-order chi connectivity index (χ1) is 16.5. The standard InChI is InChI=1S/C23H22N6O4S/c1-13-11-18(30)29(28-13)16-5-3-15(4-6-16)25-22(31)27-23-26-19-20(34-23)17(12-24-21(19)32-2)14-7-9-33-10-8-14/h3-7,12H,8-11H2,1-2H3,(H2,25,26,27,31). The minimum absolute atomic E-state index is 0.0763. The zero-order chi connectivity index (χ0) is 23.7. The molecule has 2 aliphatic heterocycles. The van der Waals surface area contributed by atoms with Gasteiger partial charge in [0, 0.05) is 23.2 Å². The van der Waals surface area contributed by atoms with Gasteiger partial charge in [0.2, 0.25) is 5.88 Å². The van der Waals surface area contributed by atoms with Crippen LogP contribution in [0, 0.1) is 0 Å². The summed E-state index contributed by atoms with van der Waals surface area (Å²) in [6.45, 7) is 3.03. The third-order valence-electron chi connectivity index (χ3n) is 5.39. The number of hydrazone groups is 1. The van der Waals surface area contributed by atoms with Gasteiger partial charge in [0.1, 0.15) is 5.52 Å². The molecule has 1 aromatic carbocycles. The summed E-state index contributed by atoms with van der Waals surface area (Å²) in [6, 6.07) is 6.46. The number of aromatic nitrogens is 2. The van der Waals surface area contributed by atoms with Gasteiger partial charge in [-0.3, -0.25) is 10.1 Å². The van der Waals surface area contributed by atoms with E-state index in [1.807, 2.05) is 13.0 Å². The van der Waals surface area contributed by atoms with Crippen LogP contribution in [0.4, 0.5) is 21.3 Å². The number of urea groups is 1. The highest BCUT2D eigenvalue weighted by molar-refractivity contribution is 7.22. The Morgan fingerprint density at radius 2 is 2.06 bits per heavy atom. The molecule has 4 heterocycles. The number of anilines is 3. The Hall–Kier alpha value is -3.83. The molecule has 5 rings (SSSR count). The lowest BCUT2D eigenvalue weighted by molar-refractivity contribution is -0.116. The molecule has 2 N–H and O–H groups in total. The Balaban J connectivity index is 1.32. The number of thiazole rings is 1. The third kappa shape index (κ3) is 4.35. The maximum Gasteiger partial charge on any atom is 0.325 e. The molecule has 0 atom stereocenters. The van der Waals surface area contributed by atoms with E-state index >= 15 is 0 Å². The summed E-state index contributed by atoms with van der Waals surface area (Å²) in [7, 11) is 1.54. The fourth-order valence-corrected chi connectivity index (χ4v) is 4.79. The van der Waals surface area contributed by atoms with Crippen LogP contribution in [0.1, 0.15) is 25.3 Å². The number of hydrogen-bond acceptors (Lipinski definition) is 8. The van der Waals surface area contributed by atoms with E-state index in [-0.39, 0.29) is 5.91 Å². The Bertz CT molecular complexity index is 1330. The number of carbonyl (C=O) groups is 2. The van der Waals surface area contributed by atoms with Crippen LogP contribution in [0.15, 0.2) is 41.6 Å². The van der Waals surface area contributed by atoms with E-state index in [0.29, 0.717) is 47.5 Å². The SMILES string of the molecule is COc1ncc(C2=CCOCC2)c2sc(NC(=O)Nc3ccc(N4N=C(C)CC4=O)cc3)nc12. The molecule has 0 fully saturated rings. The number of rotatable bonds is 5. The predicted molar refractivity (Wildman–Crippen MR) is 132 cm³/mol. The highest BCUT2D eigenvalue weighted by atomic mass is 32.1. The number of nitrogens with zero attached hydrogens (tertiary/aromatic N) is 4. The molecule has 2 aliphatic rings. The van der Waals surface area contributed by atoms with Crippen molar-refractivity contribution in [2.24, 2.45) is 5.10 Å².